The molecule has 5 rings (SSSR count). The molecule has 2 aliphatic carbocycles. The Morgan fingerprint density at radius 1 is 0.853 bits per heavy atom. The molecular formula is C28H33N3O3. The van der Waals surface area contributed by atoms with Crippen molar-refractivity contribution in [1.82, 2.24) is 14.8 Å². The summed E-state index contributed by atoms with van der Waals surface area (Å²) in [6, 6.07) is 15.6. The molecule has 0 spiro atoms. The van der Waals surface area contributed by atoms with E-state index in [1.54, 1.807) is 0 Å². The number of benzene rings is 2. The number of nitrogens with zero attached hydrogens (tertiary/aromatic N) is 3. The van der Waals surface area contributed by atoms with Gasteiger partial charge in [-0.1, -0.05) is 31.4 Å². The van der Waals surface area contributed by atoms with Crippen LogP contribution in [0.2, 0.25) is 0 Å². The second-order valence-corrected chi connectivity index (χ2v) is 9.88. The van der Waals surface area contributed by atoms with Crippen LogP contribution < -0.4 is 0 Å². The molecule has 0 radical (unpaired) electrons. The van der Waals surface area contributed by atoms with E-state index in [1.807, 2.05) is 72.4 Å². The van der Waals surface area contributed by atoms with Gasteiger partial charge in [0.2, 0.25) is 11.8 Å². The maximum Gasteiger partial charge on any atom is 0.253 e. The predicted molar refractivity (Wildman–Crippen MR) is 132 cm³/mol. The van der Waals surface area contributed by atoms with E-state index in [0.717, 1.165) is 48.8 Å². The van der Waals surface area contributed by atoms with Crippen LogP contribution in [0.25, 0.3) is 22.6 Å². The maximum atomic E-state index is 13.2. The molecule has 0 bridgehead atoms. The molecule has 2 saturated carbocycles. The van der Waals surface area contributed by atoms with Gasteiger partial charge in [0.05, 0.1) is 0 Å². The fourth-order valence-electron chi connectivity index (χ4n) is 5.59. The minimum Gasteiger partial charge on any atom is -0.436 e. The van der Waals surface area contributed by atoms with E-state index < -0.39 is 0 Å². The molecule has 3 aromatic rings. The number of para-hydroxylation sites is 2. The van der Waals surface area contributed by atoms with Gasteiger partial charge in [0.1, 0.15) is 5.52 Å². The standard InChI is InChI=1S/C28H33N3O3/c1-30(22-8-4-3-5-9-22)28(33)21-16-17-23(18-21)31(2)27(32)20-14-12-19(13-15-20)26-29-24-10-6-7-11-25(24)34-26/h6-7,10-15,21-23H,3-5,8-9,16-18H2,1-2H3/t21-,23+/m0/s1. The first-order valence-corrected chi connectivity index (χ1v) is 12.5. The van der Waals surface area contributed by atoms with Crippen molar-refractivity contribution in [1.29, 1.82) is 0 Å². The second kappa shape index (κ2) is 9.61. The quantitative estimate of drug-likeness (QED) is 0.503. The van der Waals surface area contributed by atoms with Crippen LogP contribution in [0.5, 0.6) is 0 Å². The Balaban J connectivity index is 1.21. The number of hydrogen-bond acceptors (Lipinski definition) is 4. The minimum absolute atomic E-state index is 0.0113. The van der Waals surface area contributed by atoms with Crippen LogP contribution in [0.3, 0.4) is 0 Å². The van der Waals surface area contributed by atoms with Crippen LogP contribution in [0.15, 0.2) is 52.9 Å². The molecule has 0 aliphatic heterocycles. The van der Waals surface area contributed by atoms with Crippen LogP contribution in [0, 0.1) is 5.92 Å². The molecule has 34 heavy (non-hydrogen) atoms. The van der Waals surface area contributed by atoms with Crippen LogP contribution in [0.1, 0.15) is 61.7 Å². The molecule has 1 aromatic heterocycles. The van der Waals surface area contributed by atoms with Crippen molar-refractivity contribution in [3.8, 4) is 11.5 Å². The molecule has 0 saturated heterocycles. The molecule has 0 N–H and O–H groups in total. The van der Waals surface area contributed by atoms with Gasteiger partial charge < -0.3 is 14.2 Å². The van der Waals surface area contributed by atoms with Gasteiger partial charge in [0.25, 0.3) is 5.91 Å². The lowest BCUT2D eigenvalue weighted by molar-refractivity contribution is -0.136. The van der Waals surface area contributed by atoms with E-state index in [4.69, 9.17) is 4.42 Å². The zero-order valence-electron chi connectivity index (χ0n) is 20.1. The average molecular weight is 460 g/mol. The van der Waals surface area contributed by atoms with E-state index >= 15 is 0 Å². The summed E-state index contributed by atoms with van der Waals surface area (Å²) in [6.07, 6.45) is 8.45. The van der Waals surface area contributed by atoms with Gasteiger partial charge in [-0.2, -0.15) is 0 Å². The Morgan fingerprint density at radius 2 is 1.59 bits per heavy atom. The summed E-state index contributed by atoms with van der Waals surface area (Å²) in [5.41, 5.74) is 3.04. The average Bonchev–Trinajstić information content (AvgIpc) is 3.55. The van der Waals surface area contributed by atoms with Crippen molar-refractivity contribution < 1.29 is 14.0 Å². The van der Waals surface area contributed by atoms with Crippen molar-refractivity contribution >= 4 is 22.9 Å². The summed E-state index contributed by atoms with van der Waals surface area (Å²) in [7, 11) is 3.83. The Labute approximate surface area is 200 Å². The van der Waals surface area contributed by atoms with Crippen molar-refractivity contribution in [2.45, 2.75) is 63.5 Å². The zero-order chi connectivity index (χ0) is 23.7. The Bertz CT molecular complexity index is 1130. The number of oxazole rings is 1. The number of aromatic nitrogens is 1. The number of fused-ring (bicyclic) bond motifs is 1. The highest BCUT2D eigenvalue weighted by Gasteiger charge is 2.36. The molecular weight excluding hydrogens is 426 g/mol. The van der Waals surface area contributed by atoms with Crippen molar-refractivity contribution in [3.63, 3.8) is 0 Å². The summed E-state index contributed by atoms with van der Waals surface area (Å²) < 4.78 is 5.84. The van der Waals surface area contributed by atoms with Gasteiger partial charge in [-0.05, 0) is 68.5 Å². The van der Waals surface area contributed by atoms with Crippen LogP contribution in [0.4, 0.5) is 0 Å². The molecule has 2 fully saturated rings. The highest BCUT2D eigenvalue weighted by atomic mass is 16.3. The van der Waals surface area contributed by atoms with Gasteiger partial charge in [0, 0.05) is 43.2 Å². The van der Waals surface area contributed by atoms with Crippen LogP contribution in [-0.4, -0.2) is 52.8 Å². The van der Waals surface area contributed by atoms with Gasteiger partial charge in [-0.15, -0.1) is 0 Å². The van der Waals surface area contributed by atoms with Crippen LogP contribution in [-0.2, 0) is 4.79 Å². The highest BCUT2D eigenvalue weighted by molar-refractivity contribution is 5.95. The molecule has 2 aromatic carbocycles. The van der Waals surface area contributed by atoms with Gasteiger partial charge in [-0.25, -0.2) is 4.98 Å². The SMILES string of the molecule is CN(C(=O)[C@H]1CC[C@@H](N(C)C(=O)c2ccc(-c3nc4ccccc4o3)cc2)C1)C1CCCCC1. The maximum absolute atomic E-state index is 13.2. The van der Waals surface area contributed by atoms with Crippen molar-refractivity contribution in [2.24, 2.45) is 5.92 Å². The molecule has 0 unspecified atom stereocenters. The van der Waals surface area contributed by atoms with Crippen molar-refractivity contribution in [2.75, 3.05) is 14.1 Å². The predicted octanol–water partition coefficient (Wildman–Crippen LogP) is 5.53. The number of carbonyl (C=O) groups is 2. The molecule has 6 heteroatoms. The molecule has 2 amide bonds. The van der Waals surface area contributed by atoms with E-state index in [0.29, 0.717) is 17.5 Å². The molecule has 2 atom stereocenters. The largest absolute Gasteiger partial charge is 0.436 e. The number of carbonyl (C=O) groups excluding carboxylic acids is 2. The van der Waals surface area contributed by atoms with E-state index in [9.17, 15) is 9.59 Å². The third-order valence-corrected chi connectivity index (χ3v) is 7.76. The lowest BCUT2D eigenvalue weighted by Crippen LogP contribution is -2.42. The van der Waals surface area contributed by atoms with Gasteiger partial charge in [0.15, 0.2) is 5.58 Å². The summed E-state index contributed by atoms with van der Waals surface area (Å²) in [6.45, 7) is 0. The zero-order valence-corrected chi connectivity index (χ0v) is 20.1. The number of hydrogen-bond donors (Lipinski definition) is 0. The smallest absolute Gasteiger partial charge is 0.253 e. The first-order valence-electron chi connectivity index (χ1n) is 12.5. The summed E-state index contributed by atoms with van der Waals surface area (Å²) in [5, 5.41) is 0. The first kappa shape index (κ1) is 22.6. The number of amides is 2. The van der Waals surface area contributed by atoms with Crippen LogP contribution >= 0.6 is 0 Å². The highest BCUT2D eigenvalue weighted by Crippen LogP contribution is 2.33. The lowest BCUT2D eigenvalue weighted by Gasteiger charge is -2.33. The van der Waals surface area contributed by atoms with Gasteiger partial charge in [-0.3, -0.25) is 9.59 Å². The summed E-state index contributed by atoms with van der Waals surface area (Å²) in [5.74, 6) is 0.822. The second-order valence-electron chi connectivity index (χ2n) is 9.88. The normalized spacial score (nSPS) is 21.0. The third-order valence-electron chi connectivity index (χ3n) is 7.76. The Kier molecular flexibility index (Phi) is 6.40. The Hall–Kier alpha value is -3.15. The molecule has 178 valence electrons. The van der Waals surface area contributed by atoms with Gasteiger partial charge >= 0.3 is 0 Å². The van der Waals surface area contributed by atoms with E-state index in [2.05, 4.69) is 4.98 Å². The number of rotatable bonds is 5. The third kappa shape index (κ3) is 4.46. The lowest BCUT2D eigenvalue weighted by atomic mass is 9.93. The molecule has 2 aliphatic rings. The van der Waals surface area contributed by atoms with E-state index in [-0.39, 0.29) is 23.8 Å². The monoisotopic (exact) mass is 459 g/mol. The summed E-state index contributed by atoms with van der Waals surface area (Å²) >= 11 is 0. The fraction of sp³-hybridized carbons (Fsp3) is 0.464. The summed E-state index contributed by atoms with van der Waals surface area (Å²) in [4.78, 5) is 34.6. The minimum atomic E-state index is -0.0113. The molecule has 6 nitrogen and oxygen atoms in total. The first-order chi connectivity index (χ1) is 16.5. The Morgan fingerprint density at radius 3 is 2.32 bits per heavy atom. The van der Waals surface area contributed by atoms with E-state index in [1.165, 1.54) is 19.3 Å². The fourth-order valence-corrected chi connectivity index (χ4v) is 5.59. The van der Waals surface area contributed by atoms with Crippen molar-refractivity contribution in [3.05, 3.63) is 54.1 Å². The topological polar surface area (TPSA) is 66.7 Å². The molecule has 1 heterocycles.